The van der Waals surface area contributed by atoms with Gasteiger partial charge >= 0.3 is 5.97 Å². The molecule has 1 unspecified atom stereocenters. The zero-order chi connectivity index (χ0) is 20.4. The van der Waals surface area contributed by atoms with Crippen molar-refractivity contribution in [2.24, 2.45) is 5.41 Å². The highest BCUT2D eigenvalue weighted by molar-refractivity contribution is 5.81. The summed E-state index contributed by atoms with van der Waals surface area (Å²) >= 11 is 0. The van der Waals surface area contributed by atoms with Crippen LogP contribution in [0.4, 0.5) is 0 Å². The summed E-state index contributed by atoms with van der Waals surface area (Å²) in [5.41, 5.74) is -8.07. The zero-order valence-corrected chi connectivity index (χ0v) is 14.4. The van der Waals surface area contributed by atoms with Gasteiger partial charge in [0.2, 0.25) is 0 Å². The number of aliphatic hydroxyl groups excluding tert-OH is 8. The molecule has 0 saturated carbocycles. The van der Waals surface area contributed by atoms with Crippen LogP contribution in [0.5, 0.6) is 0 Å². The minimum Gasteiger partial charge on any atom is -0.465 e. The van der Waals surface area contributed by atoms with Gasteiger partial charge in [-0.15, -0.1) is 0 Å². The van der Waals surface area contributed by atoms with E-state index >= 15 is 0 Å². The van der Waals surface area contributed by atoms with Gasteiger partial charge in [0.25, 0.3) is 0 Å². The van der Waals surface area contributed by atoms with Crippen molar-refractivity contribution in [3.05, 3.63) is 0 Å². The Hall–Kier alpha value is -0.930. The predicted molar refractivity (Wildman–Crippen MR) is 82.3 cm³/mol. The van der Waals surface area contributed by atoms with E-state index in [0.717, 1.165) is 0 Å². The Morgan fingerprint density at radius 3 is 1.46 bits per heavy atom. The highest BCUT2D eigenvalue weighted by Gasteiger charge is 2.73. The Kier molecular flexibility index (Phi) is 10.6. The Bertz CT molecular complexity index is 385. The molecule has 0 aromatic heterocycles. The number of esters is 1. The fourth-order valence-electron chi connectivity index (χ4n) is 3.17. The largest absolute Gasteiger partial charge is 0.465 e. The van der Waals surface area contributed by atoms with E-state index in [2.05, 4.69) is 0 Å². The smallest absolute Gasteiger partial charge is 0.321 e. The molecule has 0 saturated heterocycles. The van der Waals surface area contributed by atoms with E-state index in [0.29, 0.717) is 0 Å². The zero-order valence-electron chi connectivity index (χ0n) is 14.4. The number of ether oxygens (including phenoxy) is 3. The molecule has 0 spiro atoms. The molecule has 0 aliphatic carbocycles. The average Bonchev–Trinajstić information content (AvgIpc) is 2.66. The molecule has 0 radical (unpaired) electrons. The SMILES string of the molecule is CCOC(=O)C(C(O)CO)(C(CO)(CO)OCO)C(CO)(CO)OCO. The van der Waals surface area contributed by atoms with Crippen LogP contribution in [-0.2, 0) is 19.0 Å². The first-order chi connectivity index (χ1) is 12.3. The third-order valence-electron chi connectivity index (χ3n) is 4.41. The molecule has 0 heterocycles. The summed E-state index contributed by atoms with van der Waals surface area (Å²) in [6, 6.07) is 0. The summed E-state index contributed by atoms with van der Waals surface area (Å²) in [6.07, 6.45) is -2.24. The molecule has 1 atom stereocenters. The summed E-state index contributed by atoms with van der Waals surface area (Å²) in [5, 5.41) is 77.8. The normalized spacial score (nSPS) is 14.3. The van der Waals surface area contributed by atoms with Gasteiger partial charge in [0, 0.05) is 0 Å². The summed E-state index contributed by atoms with van der Waals surface area (Å²) in [4.78, 5) is 12.9. The second-order valence-electron chi connectivity index (χ2n) is 5.39. The van der Waals surface area contributed by atoms with Gasteiger partial charge in [0.1, 0.15) is 24.8 Å². The van der Waals surface area contributed by atoms with E-state index in [-0.39, 0.29) is 6.61 Å². The Morgan fingerprint density at radius 1 is 0.846 bits per heavy atom. The van der Waals surface area contributed by atoms with Gasteiger partial charge in [0.05, 0.1) is 45.7 Å². The van der Waals surface area contributed by atoms with Crippen LogP contribution >= 0.6 is 0 Å². The molecule has 0 aromatic carbocycles. The van der Waals surface area contributed by atoms with E-state index in [9.17, 15) is 45.6 Å². The minimum atomic E-state index is -2.87. The quantitative estimate of drug-likeness (QED) is 0.104. The Balaban J connectivity index is 7.11. The van der Waals surface area contributed by atoms with Crippen LogP contribution in [0, 0.1) is 5.41 Å². The average molecular weight is 388 g/mol. The number of hydrogen-bond donors (Lipinski definition) is 8. The van der Waals surface area contributed by atoms with Crippen LogP contribution < -0.4 is 0 Å². The second kappa shape index (κ2) is 11.0. The summed E-state index contributed by atoms with van der Waals surface area (Å²) in [5.74, 6) is -1.44. The van der Waals surface area contributed by atoms with Gasteiger partial charge in [-0.25, -0.2) is 0 Å². The summed E-state index contributed by atoms with van der Waals surface area (Å²) in [7, 11) is 0. The molecule has 26 heavy (non-hydrogen) atoms. The molecule has 0 rings (SSSR count). The van der Waals surface area contributed by atoms with Gasteiger partial charge in [-0.2, -0.15) is 0 Å². The highest BCUT2D eigenvalue weighted by Crippen LogP contribution is 2.49. The van der Waals surface area contributed by atoms with Crippen molar-refractivity contribution in [3.8, 4) is 0 Å². The Labute approximate surface area is 149 Å². The minimum absolute atomic E-state index is 0.281. The summed E-state index contributed by atoms with van der Waals surface area (Å²) < 4.78 is 14.7. The van der Waals surface area contributed by atoms with Crippen LogP contribution in [0.1, 0.15) is 6.92 Å². The van der Waals surface area contributed by atoms with Gasteiger partial charge < -0.3 is 55.1 Å². The van der Waals surface area contributed by atoms with Crippen molar-refractivity contribution >= 4 is 5.97 Å². The van der Waals surface area contributed by atoms with Crippen LogP contribution in [0.3, 0.4) is 0 Å². The second-order valence-corrected chi connectivity index (χ2v) is 5.39. The summed E-state index contributed by atoms with van der Waals surface area (Å²) in [6.45, 7) is -7.39. The van der Waals surface area contributed by atoms with E-state index in [1.165, 1.54) is 6.92 Å². The topological polar surface area (TPSA) is 207 Å². The molecule has 0 amide bonds. The molecule has 0 aliphatic heterocycles. The van der Waals surface area contributed by atoms with E-state index < -0.39 is 75.3 Å². The molecular formula is C14H28O12. The van der Waals surface area contributed by atoms with Crippen molar-refractivity contribution in [2.45, 2.75) is 24.2 Å². The molecule has 12 nitrogen and oxygen atoms in total. The third kappa shape index (κ3) is 3.84. The maximum absolute atomic E-state index is 12.9. The van der Waals surface area contributed by atoms with Crippen LogP contribution in [0.25, 0.3) is 0 Å². The predicted octanol–water partition coefficient (Wildman–Crippen LogP) is -4.73. The maximum Gasteiger partial charge on any atom is 0.321 e. The lowest BCUT2D eigenvalue weighted by Gasteiger charge is -2.56. The third-order valence-corrected chi connectivity index (χ3v) is 4.41. The van der Waals surface area contributed by atoms with Crippen molar-refractivity contribution in [1.29, 1.82) is 0 Å². The molecular weight excluding hydrogens is 360 g/mol. The van der Waals surface area contributed by atoms with Gasteiger partial charge in [0.15, 0.2) is 5.41 Å². The van der Waals surface area contributed by atoms with Crippen LogP contribution in [-0.4, -0.2) is 117 Å². The van der Waals surface area contributed by atoms with Gasteiger partial charge in [-0.3, -0.25) is 4.79 Å². The van der Waals surface area contributed by atoms with Crippen LogP contribution in [0.15, 0.2) is 0 Å². The molecule has 0 aliphatic rings. The number of carbonyl (C=O) groups is 1. The fraction of sp³-hybridized carbons (Fsp3) is 0.929. The number of hydrogen-bond acceptors (Lipinski definition) is 12. The number of rotatable bonds is 14. The molecule has 156 valence electrons. The number of carbonyl (C=O) groups excluding carboxylic acids is 1. The first-order valence-corrected chi connectivity index (χ1v) is 7.72. The van der Waals surface area contributed by atoms with Gasteiger partial charge in [-0.05, 0) is 6.92 Å². The molecule has 0 fully saturated rings. The lowest BCUT2D eigenvalue weighted by molar-refractivity contribution is -0.321. The van der Waals surface area contributed by atoms with Crippen molar-refractivity contribution in [1.82, 2.24) is 0 Å². The van der Waals surface area contributed by atoms with Crippen LogP contribution in [0.2, 0.25) is 0 Å². The highest BCUT2D eigenvalue weighted by atomic mass is 16.6. The van der Waals surface area contributed by atoms with Crippen molar-refractivity contribution in [2.75, 3.05) is 53.2 Å². The lowest BCUT2D eigenvalue weighted by Crippen LogP contribution is -2.78. The molecule has 0 aromatic rings. The molecule has 12 heteroatoms. The molecule has 0 bridgehead atoms. The lowest BCUT2D eigenvalue weighted by atomic mass is 9.58. The van der Waals surface area contributed by atoms with E-state index in [4.69, 9.17) is 14.2 Å². The van der Waals surface area contributed by atoms with Gasteiger partial charge in [-0.1, -0.05) is 0 Å². The van der Waals surface area contributed by atoms with E-state index in [1.807, 2.05) is 0 Å². The fourth-order valence-corrected chi connectivity index (χ4v) is 3.17. The monoisotopic (exact) mass is 388 g/mol. The number of aliphatic hydroxyl groups is 8. The first-order valence-electron chi connectivity index (χ1n) is 7.72. The first kappa shape index (κ1) is 25.1. The van der Waals surface area contributed by atoms with Crippen molar-refractivity contribution < 1.29 is 59.9 Å². The van der Waals surface area contributed by atoms with E-state index in [1.54, 1.807) is 0 Å². The maximum atomic E-state index is 12.9. The standard InChI is InChI=1S/C14H28O12/c1-2-24-11(23)14(10(22)3-15,12(4-16,5-17)25-8-20)13(6-18,7-19)26-9-21/h10,15-22H,2-9H2,1H3. The van der Waals surface area contributed by atoms with Crippen molar-refractivity contribution in [3.63, 3.8) is 0 Å². The Morgan fingerprint density at radius 2 is 1.23 bits per heavy atom. The molecule has 8 N–H and O–H groups in total.